The summed E-state index contributed by atoms with van der Waals surface area (Å²) in [4.78, 5) is 24.1. The van der Waals surface area contributed by atoms with E-state index in [1.165, 1.54) is 6.08 Å². The molecule has 0 unspecified atom stereocenters. The maximum Gasteiger partial charge on any atom is 0.514 e. The lowest BCUT2D eigenvalue weighted by Gasteiger charge is -2.22. The topological polar surface area (TPSA) is 61.8 Å². The van der Waals surface area contributed by atoms with E-state index in [9.17, 15) is 9.59 Å². The Morgan fingerprint density at radius 3 is 1.87 bits per heavy atom. The zero-order valence-electron chi connectivity index (χ0n) is 14.5. The second kappa shape index (κ2) is 7.31. The summed E-state index contributed by atoms with van der Waals surface area (Å²) in [6.45, 7) is 10.3. The van der Waals surface area contributed by atoms with Gasteiger partial charge in [-0.15, -0.1) is 0 Å². The first-order valence-corrected chi connectivity index (χ1v) is 7.37. The van der Waals surface area contributed by atoms with E-state index in [4.69, 9.17) is 14.2 Å². The maximum absolute atomic E-state index is 12.2. The molecule has 0 fully saturated rings. The summed E-state index contributed by atoms with van der Waals surface area (Å²) >= 11 is 0. The van der Waals surface area contributed by atoms with Gasteiger partial charge in [0.15, 0.2) is 0 Å². The van der Waals surface area contributed by atoms with Gasteiger partial charge in [-0.05, 0) is 53.2 Å². The van der Waals surface area contributed by atoms with Crippen LogP contribution in [0.3, 0.4) is 0 Å². The molecule has 1 aromatic carbocycles. The van der Waals surface area contributed by atoms with Gasteiger partial charge in [0.25, 0.3) is 0 Å². The Kier molecular flexibility index (Phi) is 5.96. The van der Waals surface area contributed by atoms with E-state index < -0.39 is 23.3 Å². The number of hydrogen-bond donors (Lipinski definition) is 0. The molecule has 5 heteroatoms. The second-order valence-electron chi connectivity index (χ2n) is 6.99. The average Bonchev–Trinajstić information content (AvgIpc) is 2.34. The molecule has 0 bridgehead atoms. The van der Waals surface area contributed by atoms with Crippen LogP contribution in [0.4, 0.5) is 4.79 Å². The molecule has 0 aliphatic rings. The number of carbonyl (C=O) groups excluding carboxylic acids is 2. The number of ether oxygens (including phenoxy) is 3. The number of esters is 1. The number of carbonyl (C=O) groups is 2. The van der Waals surface area contributed by atoms with Gasteiger partial charge in [-0.3, -0.25) is 0 Å². The highest BCUT2D eigenvalue weighted by Crippen LogP contribution is 2.17. The lowest BCUT2D eigenvalue weighted by molar-refractivity contribution is -0.153. The average molecular weight is 320 g/mol. The van der Waals surface area contributed by atoms with Crippen LogP contribution in [-0.2, 0) is 19.0 Å². The Hall–Kier alpha value is -2.30. The molecule has 0 N–H and O–H groups in total. The van der Waals surface area contributed by atoms with E-state index >= 15 is 0 Å². The fourth-order valence-corrected chi connectivity index (χ4v) is 1.52. The van der Waals surface area contributed by atoms with E-state index in [0.717, 1.165) is 0 Å². The molecule has 0 aliphatic heterocycles. The Bertz CT molecular complexity index is 574. The first-order valence-electron chi connectivity index (χ1n) is 7.37. The molecule has 0 amide bonds. The summed E-state index contributed by atoms with van der Waals surface area (Å²) in [5, 5.41) is 0. The van der Waals surface area contributed by atoms with Crippen molar-refractivity contribution in [2.75, 3.05) is 0 Å². The molecule has 0 aliphatic carbocycles. The molecule has 0 saturated heterocycles. The van der Waals surface area contributed by atoms with Crippen molar-refractivity contribution in [1.29, 1.82) is 0 Å². The highest BCUT2D eigenvalue weighted by atomic mass is 16.7. The van der Waals surface area contributed by atoms with Crippen molar-refractivity contribution >= 4 is 18.2 Å². The summed E-state index contributed by atoms with van der Waals surface area (Å²) in [6, 6.07) is 9.03. The van der Waals surface area contributed by atoms with Gasteiger partial charge in [0.1, 0.15) is 11.2 Å². The van der Waals surface area contributed by atoms with E-state index in [1.54, 1.807) is 53.7 Å². The van der Waals surface area contributed by atoms with Gasteiger partial charge >= 0.3 is 12.1 Å². The summed E-state index contributed by atoms with van der Waals surface area (Å²) in [6.07, 6.45) is 0.489. The van der Waals surface area contributed by atoms with Gasteiger partial charge in [-0.2, -0.15) is 0 Å². The fourth-order valence-electron chi connectivity index (χ4n) is 1.52. The van der Waals surface area contributed by atoms with E-state index in [1.807, 2.05) is 18.2 Å². The van der Waals surface area contributed by atoms with Crippen molar-refractivity contribution in [3.63, 3.8) is 0 Å². The third-order valence-electron chi connectivity index (χ3n) is 2.28. The molecule has 0 saturated carbocycles. The predicted octanol–water partition coefficient (Wildman–Crippen LogP) is 4.32. The lowest BCUT2D eigenvalue weighted by Crippen LogP contribution is -2.28. The normalized spacial score (nSPS) is 12.5. The van der Waals surface area contributed by atoms with Gasteiger partial charge in [0.2, 0.25) is 5.76 Å². The Morgan fingerprint density at radius 2 is 1.39 bits per heavy atom. The molecular weight excluding hydrogens is 296 g/mol. The smallest absolute Gasteiger partial charge is 0.454 e. The van der Waals surface area contributed by atoms with Gasteiger partial charge in [-0.1, -0.05) is 30.3 Å². The van der Waals surface area contributed by atoms with Crippen LogP contribution >= 0.6 is 0 Å². The van der Waals surface area contributed by atoms with Crippen molar-refractivity contribution in [1.82, 2.24) is 0 Å². The highest BCUT2D eigenvalue weighted by Gasteiger charge is 2.26. The lowest BCUT2D eigenvalue weighted by atomic mass is 10.2. The molecule has 1 rings (SSSR count). The van der Waals surface area contributed by atoms with Crippen molar-refractivity contribution in [3.05, 3.63) is 41.7 Å². The summed E-state index contributed by atoms with van der Waals surface area (Å²) in [7, 11) is 0. The van der Waals surface area contributed by atoms with Crippen molar-refractivity contribution < 1.29 is 23.8 Å². The maximum atomic E-state index is 12.2. The number of hydrogen-bond acceptors (Lipinski definition) is 5. The largest absolute Gasteiger partial charge is 0.514 e. The van der Waals surface area contributed by atoms with Crippen molar-refractivity contribution in [3.8, 4) is 0 Å². The highest BCUT2D eigenvalue weighted by molar-refractivity contribution is 5.93. The van der Waals surface area contributed by atoms with E-state index in [-0.39, 0.29) is 5.76 Å². The minimum Gasteiger partial charge on any atom is -0.454 e. The molecule has 5 nitrogen and oxygen atoms in total. The molecule has 0 atom stereocenters. The van der Waals surface area contributed by atoms with Crippen LogP contribution < -0.4 is 0 Å². The van der Waals surface area contributed by atoms with Crippen LogP contribution in [0.1, 0.15) is 47.1 Å². The van der Waals surface area contributed by atoms with Crippen LogP contribution in [-0.4, -0.2) is 23.3 Å². The van der Waals surface area contributed by atoms with Crippen molar-refractivity contribution in [2.24, 2.45) is 0 Å². The van der Waals surface area contributed by atoms with E-state index in [2.05, 4.69) is 0 Å². The summed E-state index contributed by atoms with van der Waals surface area (Å²) < 4.78 is 15.4. The first-order chi connectivity index (χ1) is 10.5. The third-order valence-corrected chi connectivity index (χ3v) is 2.28. The molecule has 0 aromatic heterocycles. The summed E-state index contributed by atoms with van der Waals surface area (Å²) in [5.41, 5.74) is -0.718. The fraction of sp³-hybridized carbons (Fsp3) is 0.444. The first kappa shape index (κ1) is 18.7. The monoisotopic (exact) mass is 320 g/mol. The van der Waals surface area contributed by atoms with Gasteiger partial charge in [0, 0.05) is 0 Å². The van der Waals surface area contributed by atoms with Crippen molar-refractivity contribution in [2.45, 2.75) is 52.7 Å². The van der Waals surface area contributed by atoms with Gasteiger partial charge in [0.05, 0.1) is 0 Å². The van der Waals surface area contributed by atoms with Gasteiger partial charge < -0.3 is 14.2 Å². The minimum absolute atomic E-state index is 0.222. The second-order valence-corrected chi connectivity index (χ2v) is 6.99. The molecule has 126 valence electrons. The van der Waals surface area contributed by atoms with E-state index in [0.29, 0.717) is 5.56 Å². The van der Waals surface area contributed by atoms with Crippen LogP contribution in [0.5, 0.6) is 0 Å². The number of rotatable bonds is 3. The van der Waals surface area contributed by atoms with Crippen LogP contribution in [0, 0.1) is 0 Å². The zero-order chi connectivity index (χ0) is 17.7. The Morgan fingerprint density at radius 1 is 0.870 bits per heavy atom. The molecule has 23 heavy (non-hydrogen) atoms. The molecule has 0 spiro atoms. The standard InChI is InChI=1S/C18H24O5/c1-17(2,3)22-15(19)14(12-13-10-8-7-9-11-13)21-16(20)23-18(4,5)6/h7-12H,1-6H3. The predicted molar refractivity (Wildman–Crippen MR) is 87.6 cm³/mol. The molecule has 0 radical (unpaired) electrons. The molecule has 1 aromatic rings. The van der Waals surface area contributed by atoms with Crippen LogP contribution in [0.15, 0.2) is 36.1 Å². The number of benzene rings is 1. The quantitative estimate of drug-likeness (QED) is 0.471. The molecular formula is C18H24O5. The molecule has 0 heterocycles. The SMILES string of the molecule is CC(C)(C)OC(=O)OC(=Cc1ccccc1)C(=O)OC(C)(C)C. The summed E-state index contributed by atoms with van der Waals surface area (Å²) in [5.74, 6) is -0.951. The van der Waals surface area contributed by atoms with Gasteiger partial charge in [-0.25, -0.2) is 9.59 Å². The third kappa shape index (κ3) is 8.04. The van der Waals surface area contributed by atoms with Crippen LogP contribution in [0.2, 0.25) is 0 Å². The zero-order valence-corrected chi connectivity index (χ0v) is 14.5. The minimum atomic E-state index is -0.953. The Labute approximate surface area is 137 Å². The Balaban J connectivity index is 3.00. The van der Waals surface area contributed by atoms with Crippen LogP contribution in [0.25, 0.3) is 6.08 Å².